The molecule has 138 valence electrons. The van der Waals surface area contributed by atoms with Gasteiger partial charge in [0, 0.05) is 36.2 Å². The van der Waals surface area contributed by atoms with Gasteiger partial charge >= 0.3 is 0 Å². The van der Waals surface area contributed by atoms with E-state index in [1.165, 1.54) is 0 Å². The number of benzene rings is 2. The van der Waals surface area contributed by atoms with Crippen molar-refractivity contribution in [1.29, 1.82) is 0 Å². The molecular formula is C24H20N2O2. The fourth-order valence-corrected chi connectivity index (χ4v) is 4.60. The Morgan fingerprint density at radius 1 is 0.929 bits per heavy atom. The molecular weight excluding hydrogens is 348 g/mol. The van der Waals surface area contributed by atoms with E-state index < -0.39 is 0 Å². The van der Waals surface area contributed by atoms with E-state index in [2.05, 4.69) is 29.2 Å². The van der Waals surface area contributed by atoms with Crippen LogP contribution in [0.3, 0.4) is 0 Å². The number of hydrogen-bond acceptors (Lipinski definition) is 3. The first-order valence-corrected chi connectivity index (χ1v) is 9.71. The highest BCUT2D eigenvalue weighted by atomic mass is 16.2. The van der Waals surface area contributed by atoms with E-state index in [1.807, 2.05) is 30.3 Å². The Bertz CT molecular complexity index is 1110. The Morgan fingerprint density at radius 3 is 2.64 bits per heavy atom. The predicted octanol–water partition coefficient (Wildman–Crippen LogP) is 4.76. The molecule has 1 unspecified atom stereocenters. The molecule has 0 fully saturated rings. The zero-order valence-corrected chi connectivity index (χ0v) is 15.5. The van der Waals surface area contributed by atoms with Gasteiger partial charge in [-0.1, -0.05) is 42.5 Å². The first-order chi connectivity index (χ1) is 13.7. The van der Waals surface area contributed by atoms with Crippen molar-refractivity contribution in [2.45, 2.75) is 31.6 Å². The number of aromatic nitrogens is 1. The zero-order chi connectivity index (χ0) is 19.1. The quantitative estimate of drug-likeness (QED) is 0.655. The number of nitrogens with zero attached hydrogens (tertiary/aromatic N) is 2. The molecule has 1 aliphatic heterocycles. The third-order valence-corrected chi connectivity index (χ3v) is 5.78. The molecule has 4 nitrogen and oxygen atoms in total. The Hall–Kier alpha value is -3.27. The summed E-state index contributed by atoms with van der Waals surface area (Å²) in [5.41, 5.74) is 3.48. The van der Waals surface area contributed by atoms with Crippen molar-refractivity contribution in [2.24, 2.45) is 0 Å². The van der Waals surface area contributed by atoms with Gasteiger partial charge in [0.25, 0.3) is 0 Å². The van der Waals surface area contributed by atoms with Crippen molar-refractivity contribution in [3.63, 3.8) is 0 Å². The molecule has 2 aromatic carbocycles. The van der Waals surface area contributed by atoms with Crippen LogP contribution in [0.2, 0.25) is 0 Å². The molecule has 1 amide bonds. The summed E-state index contributed by atoms with van der Waals surface area (Å²) in [5.74, 6) is 0.00859. The van der Waals surface area contributed by atoms with Crippen molar-refractivity contribution in [3.8, 4) is 0 Å². The second-order valence-electron chi connectivity index (χ2n) is 7.40. The molecule has 0 spiro atoms. The van der Waals surface area contributed by atoms with Crippen LogP contribution in [0.5, 0.6) is 0 Å². The largest absolute Gasteiger partial charge is 0.294 e. The molecule has 3 aromatic rings. The van der Waals surface area contributed by atoms with Gasteiger partial charge in [0.05, 0.1) is 11.9 Å². The molecule has 1 aliphatic carbocycles. The van der Waals surface area contributed by atoms with Gasteiger partial charge in [0.15, 0.2) is 5.78 Å². The number of carbonyl (C=O) groups excluding carboxylic acids is 2. The smallest absolute Gasteiger partial charge is 0.232 e. The summed E-state index contributed by atoms with van der Waals surface area (Å²) >= 11 is 0. The monoisotopic (exact) mass is 368 g/mol. The van der Waals surface area contributed by atoms with Crippen LogP contribution in [-0.2, 0) is 9.59 Å². The van der Waals surface area contributed by atoms with Crippen molar-refractivity contribution in [3.05, 3.63) is 83.8 Å². The van der Waals surface area contributed by atoms with E-state index in [-0.39, 0.29) is 17.6 Å². The van der Waals surface area contributed by atoms with Gasteiger partial charge in [-0.15, -0.1) is 0 Å². The number of anilines is 1. The lowest BCUT2D eigenvalue weighted by Crippen LogP contribution is -2.40. The minimum Gasteiger partial charge on any atom is -0.294 e. The number of hydrogen-bond donors (Lipinski definition) is 0. The summed E-state index contributed by atoms with van der Waals surface area (Å²) in [7, 11) is 0. The van der Waals surface area contributed by atoms with Crippen LogP contribution in [0.1, 0.15) is 37.2 Å². The molecule has 0 radical (unpaired) electrons. The third kappa shape index (κ3) is 2.64. The van der Waals surface area contributed by atoms with Crippen LogP contribution < -0.4 is 4.90 Å². The summed E-state index contributed by atoms with van der Waals surface area (Å²) < 4.78 is 0. The fraction of sp³-hybridized carbons (Fsp3) is 0.208. The number of rotatable bonds is 2. The van der Waals surface area contributed by atoms with Crippen LogP contribution >= 0.6 is 0 Å². The lowest BCUT2D eigenvalue weighted by Gasteiger charge is -2.38. The Morgan fingerprint density at radius 2 is 1.79 bits per heavy atom. The van der Waals surface area contributed by atoms with E-state index >= 15 is 0 Å². The average Bonchev–Trinajstić information content (AvgIpc) is 2.73. The number of Topliss-reactive ketones (excluding diaryl/α,β-unsaturated/α-hetero) is 1. The van der Waals surface area contributed by atoms with Crippen LogP contribution in [0.25, 0.3) is 10.8 Å². The molecule has 5 rings (SSSR count). The van der Waals surface area contributed by atoms with Gasteiger partial charge in [-0.05, 0) is 41.3 Å². The molecule has 4 heteroatoms. The zero-order valence-electron chi connectivity index (χ0n) is 15.5. The second kappa shape index (κ2) is 6.71. The van der Waals surface area contributed by atoms with E-state index in [4.69, 9.17) is 0 Å². The van der Waals surface area contributed by atoms with Crippen LogP contribution in [0.15, 0.2) is 78.3 Å². The first-order valence-electron chi connectivity index (χ1n) is 9.71. The average molecular weight is 368 g/mol. The molecule has 0 saturated heterocycles. The molecule has 2 heterocycles. The molecule has 0 N–H and O–H groups in total. The maximum absolute atomic E-state index is 13.2. The normalized spacial score (nSPS) is 19.9. The molecule has 0 saturated carbocycles. The van der Waals surface area contributed by atoms with E-state index in [1.54, 1.807) is 17.3 Å². The standard InChI is InChI=1S/C24H20N2O2/c27-22-12-4-11-21-24(22)20(14-23(28)26(21)17-8-5-13-25-15-17)19-10-3-7-16-6-1-2-9-18(16)19/h1-3,5-10,13,15,20H,4,11-12,14H2. The van der Waals surface area contributed by atoms with Gasteiger partial charge < -0.3 is 0 Å². The first kappa shape index (κ1) is 16.9. The van der Waals surface area contributed by atoms with Crippen molar-refractivity contribution in [1.82, 2.24) is 4.98 Å². The maximum Gasteiger partial charge on any atom is 0.232 e. The maximum atomic E-state index is 13.2. The van der Waals surface area contributed by atoms with Crippen LogP contribution in [0.4, 0.5) is 5.69 Å². The Labute approximate surface area is 163 Å². The number of pyridine rings is 1. The number of fused-ring (bicyclic) bond motifs is 1. The van der Waals surface area contributed by atoms with Gasteiger partial charge in [-0.3, -0.25) is 19.5 Å². The Kier molecular flexibility index (Phi) is 4.05. The van der Waals surface area contributed by atoms with Gasteiger partial charge in [0.1, 0.15) is 0 Å². The summed E-state index contributed by atoms with van der Waals surface area (Å²) in [6, 6.07) is 18.0. The number of carbonyl (C=O) groups is 2. The van der Waals surface area contributed by atoms with E-state index in [0.717, 1.165) is 46.1 Å². The van der Waals surface area contributed by atoms with Crippen molar-refractivity contribution < 1.29 is 9.59 Å². The minimum absolute atomic E-state index is 0.0272. The highest BCUT2D eigenvalue weighted by Gasteiger charge is 2.40. The number of allylic oxidation sites excluding steroid dienone is 2. The highest BCUT2D eigenvalue weighted by molar-refractivity contribution is 6.08. The summed E-state index contributed by atoms with van der Waals surface area (Å²) in [4.78, 5) is 32.1. The van der Waals surface area contributed by atoms with Crippen molar-refractivity contribution in [2.75, 3.05) is 4.90 Å². The minimum atomic E-state index is -0.186. The second-order valence-corrected chi connectivity index (χ2v) is 7.40. The lowest BCUT2D eigenvalue weighted by atomic mass is 9.76. The summed E-state index contributed by atoms with van der Waals surface area (Å²) in [5, 5.41) is 2.25. The van der Waals surface area contributed by atoms with E-state index in [9.17, 15) is 9.59 Å². The Balaban J connectivity index is 1.72. The number of ketones is 1. The third-order valence-electron chi connectivity index (χ3n) is 5.78. The van der Waals surface area contributed by atoms with Crippen LogP contribution in [0, 0.1) is 0 Å². The lowest BCUT2D eigenvalue weighted by molar-refractivity contribution is -0.119. The van der Waals surface area contributed by atoms with Gasteiger partial charge in [-0.25, -0.2) is 0 Å². The molecule has 28 heavy (non-hydrogen) atoms. The van der Waals surface area contributed by atoms with Crippen LogP contribution in [-0.4, -0.2) is 16.7 Å². The highest BCUT2D eigenvalue weighted by Crippen LogP contribution is 2.44. The molecule has 0 bridgehead atoms. The summed E-state index contributed by atoms with van der Waals surface area (Å²) in [6.07, 6.45) is 5.76. The number of amides is 1. The fourth-order valence-electron chi connectivity index (χ4n) is 4.60. The predicted molar refractivity (Wildman–Crippen MR) is 109 cm³/mol. The SMILES string of the molecule is O=C1CCCC2=C1C(c1cccc3ccccc13)CC(=O)N2c1cccnc1. The topological polar surface area (TPSA) is 50.3 Å². The van der Waals surface area contributed by atoms with Gasteiger partial charge in [-0.2, -0.15) is 0 Å². The summed E-state index contributed by atoms with van der Waals surface area (Å²) in [6.45, 7) is 0. The van der Waals surface area contributed by atoms with Gasteiger partial charge in [0.2, 0.25) is 5.91 Å². The van der Waals surface area contributed by atoms with E-state index in [0.29, 0.717) is 12.8 Å². The molecule has 1 aromatic heterocycles. The molecule has 2 aliphatic rings. The van der Waals surface area contributed by atoms with Crippen molar-refractivity contribution >= 4 is 28.2 Å². The molecule has 1 atom stereocenters.